The second kappa shape index (κ2) is 13.3. The Kier molecular flexibility index (Phi) is 10.0. The van der Waals surface area contributed by atoms with Crippen molar-refractivity contribution in [3.63, 3.8) is 0 Å². The third-order valence-corrected chi connectivity index (χ3v) is 14.8. The minimum Gasteiger partial charge on any atom is -0.478 e. The first-order valence-electron chi connectivity index (χ1n) is 18.3. The number of ether oxygens (including phenoxy) is 1. The standard InChI is InChI=1S/C38H54N2O5.C3H6/c1-34(2)26(24-9-11-25(12-10-24)32(42)43)15-18-35(3)29(34)16-19-37(5)30(35)14-13-27-28-8-7-17-38(28,21-20-36(27,37)4)23-40-33(44)39-22-31(41)45-6;1-3-2/h9-12,15,27-30H,7-8,13-14,16-23H2,1-6H3,(H,42,43)(H2,39,40,44);3H,1H2,2H3/t27?,28?,29?,30?,35?,36-,37?,38?;/m1./s1. The summed E-state index contributed by atoms with van der Waals surface area (Å²) in [5.74, 6) is 1.22. The molecule has 2 amide bonds. The lowest BCUT2D eigenvalue weighted by Gasteiger charge is -2.72. The molecule has 1 aromatic carbocycles. The van der Waals surface area contributed by atoms with Crippen LogP contribution >= 0.6 is 0 Å². The summed E-state index contributed by atoms with van der Waals surface area (Å²) in [5, 5.41) is 15.2. The molecule has 0 spiro atoms. The number of carboxylic acids is 1. The maximum Gasteiger partial charge on any atom is 0.335 e. The fourth-order valence-electron chi connectivity index (χ4n) is 12.4. The van der Waals surface area contributed by atoms with Crippen molar-refractivity contribution in [2.75, 3.05) is 20.2 Å². The molecule has 0 aliphatic heterocycles. The van der Waals surface area contributed by atoms with E-state index in [9.17, 15) is 19.5 Å². The van der Waals surface area contributed by atoms with Gasteiger partial charge >= 0.3 is 18.0 Å². The molecule has 264 valence electrons. The topological polar surface area (TPSA) is 105 Å². The summed E-state index contributed by atoms with van der Waals surface area (Å²) in [6.45, 7) is 18.6. The van der Waals surface area contributed by atoms with Crippen molar-refractivity contribution in [2.45, 2.75) is 106 Å². The van der Waals surface area contributed by atoms with Crippen LogP contribution in [-0.4, -0.2) is 43.3 Å². The molecule has 6 rings (SSSR count). The van der Waals surface area contributed by atoms with Crippen molar-refractivity contribution in [1.82, 2.24) is 10.6 Å². The molecule has 7 heteroatoms. The zero-order valence-electron chi connectivity index (χ0n) is 30.5. The number of amides is 2. The van der Waals surface area contributed by atoms with E-state index in [1.165, 1.54) is 64.0 Å². The number of carbonyl (C=O) groups is 3. The van der Waals surface area contributed by atoms with Crippen LogP contribution in [0.15, 0.2) is 43.0 Å². The Morgan fingerprint density at radius 1 is 0.896 bits per heavy atom. The Morgan fingerprint density at radius 2 is 1.58 bits per heavy atom. The maximum absolute atomic E-state index is 12.6. The van der Waals surface area contributed by atoms with Gasteiger partial charge in [0.25, 0.3) is 0 Å². The van der Waals surface area contributed by atoms with Crippen molar-refractivity contribution >= 4 is 23.5 Å². The SMILES string of the molecule is C=CC.COC(=O)CNC(=O)NCC12CCCC1C1CCC3C4(C)CC=C(c5ccc(C(=O)O)cc5)C(C)(C)C4CCC3(C)[C@]1(C)CC2. The lowest BCUT2D eigenvalue weighted by molar-refractivity contribution is -0.222. The Hall–Kier alpha value is -3.09. The van der Waals surface area contributed by atoms with Gasteiger partial charge in [0.2, 0.25) is 0 Å². The molecule has 4 saturated carbocycles. The lowest BCUT2D eigenvalue weighted by atomic mass is 9.32. The van der Waals surface area contributed by atoms with E-state index in [1.54, 1.807) is 18.2 Å². The molecule has 0 bridgehead atoms. The number of aromatic carboxylic acids is 1. The molecule has 7 unspecified atom stereocenters. The summed E-state index contributed by atoms with van der Waals surface area (Å²) in [5.41, 5.74) is 3.80. The number of rotatable bonds is 6. The summed E-state index contributed by atoms with van der Waals surface area (Å²) < 4.78 is 4.67. The highest BCUT2D eigenvalue weighted by molar-refractivity contribution is 5.88. The smallest absolute Gasteiger partial charge is 0.335 e. The Bertz CT molecular complexity index is 1430. The first-order valence-corrected chi connectivity index (χ1v) is 18.3. The van der Waals surface area contributed by atoms with Gasteiger partial charge in [-0.1, -0.05) is 65.3 Å². The summed E-state index contributed by atoms with van der Waals surface area (Å²) >= 11 is 0. The largest absolute Gasteiger partial charge is 0.478 e. The number of carboxylic acid groups (broad SMARTS) is 1. The molecular formula is C41H60N2O5. The summed E-state index contributed by atoms with van der Waals surface area (Å²) in [6, 6.07) is 7.23. The normalized spacial score (nSPS) is 37.4. The second-order valence-electron chi connectivity index (χ2n) is 17.0. The van der Waals surface area contributed by atoms with Gasteiger partial charge in [-0.05, 0) is 139 Å². The van der Waals surface area contributed by atoms with Gasteiger partial charge in [-0.15, -0.1) is 6.58 Å². The Morgan fingerprint density at radius 3 is 2.23 bits per heavy atom. The summed E-state index contributed by atoms with van der Waals surface area (Å²) in [4.78, 5) is 35.6. The van der Waals surface area contributed by atoms with Crippen molar-refractivity contribution in [1.29, 1.82) is 0 Å². The molecule has 0 heterocycles. The van der Waals surface area contributed by atoms with Crippen LogP contribution in [0, 0.1) is 50.7 Å². The number of carbonyl (C=O) groups excluding carboxylic acids is 2. The number of fused-ring (bicyclic) bond motifs is 7. The summed E-state index contributed by atoms with van der Waals surface area (Å²) in [6.07, 6.45) is 16.4. The van der Waals surface area contributed by atoms with Gasteiger partial charge in [-0.3, -0.25) is 4.79 Å². The van der Waals surface area contributed by atoms with Crippen LogP contribution in [-0.2, 0) is 9.53 Å². The third-order valence-electron chi connectivity index (χ3n) is 14.8. The first-order chi connectivity index (χ1) is 22.6. The highest BCUT2D eigenvalue weighted by Gasteiger charge is 2.69. The van der Waals surface area contributed by atoms with Crippen LogP contribution in [0.4, 0.5) is 4.79 Å². The monoisotopic (exact) mass is 660 g/mol. The summed E-state index contributed by atoms with van der Waals surface area (Å²) in [7, 11) is 1.33. The van der Waals surface area contributed by atoms with Crippen molar-refractivity contribution < 1.29 is 24.2 Å². The molecule has 0 aromatic heterocycles. The number of esters is 1. The number of benzene rings is 1. The molecule has 0 radical (unpaired) electrons. The van der Waals surface area contributed by atoms with Gasteiger partial charge in [0.15, 0.2) is 0 Å². The highest BCUT2D eigenvalue weighted by Crippen LogP contribution is 2.77. The fourth-order valence-corrected chi connectivity index (χ4v) is 12.4. The molecule has 48 heavy (non-hydrogen) atoms. The van der Waals surface area contributed by atoms with Crippen LogP contribution in [0.5, 0.6) is 0 Å². The van der Waals surface area contributed by atoms with E-state index in [4.69, 9.17) is 0 Å². The van der Waals surface area contributed by atoms with Gasteiger partial charge in [-0.25, -0.2) is 9.59 Å². The minimum absolute atomic E-state index is 0.00407. The van der Waals surface area contributed by atoms with E-state index in [0.29, 0.717) is 35.8 Å². The zero-order valence-corrected chi connectivity index (χ0v) is 30.5. The van der Waals surface area contributed by atoms with Crippen LogP contribution < -0.4 is 10.6 Å². The zero-order chi connectivity index (χ0) is 35.1. The van der Waals surface area contributed by atoms with Gasteiger partial charge in [0.1, 0.15) is 6.54 Å². The van der Waals surface area contributed by atoms with E-state index < -0.39 is 11.9 Å². The Balaban J connectivity index is 0.00000145. The number of allylic oxidation sites excluding steroid dienone is 3. The third kappa shape index (κ3) is 5.81. The van der Waals surface area contributed by atoms with Gasteiger partial charge in [0.05, 0.1) is 12.7 Å². The molecule has 1 aromatic rings. The van der Waals surface area contributed by atoms with E-state index >= 15 is 0 Å². The molecule has 5 aliphatic carbocycles. The van der Waals surface area contributed by atoms with Gasteiger partial charge < -0.3 is 20.5 Å². The molecule has 5 aliphatic rings. The van der Waals surface area contributed by atoms with Crippen molar-refractivity contribution in [3.8, 4) is 0 Å². The fraction of sp³-hybridized carbons (Fsp3) is 0.683. The molecular weight excluding hydrogens is 600 g/mol. The highest BCUT2D eigenvalue weighted by atomic mass is 16.5. The predicted molar refractivity (Wildman–Crippen MR) is 191 cm³/mol. The molecule has 7 nitrogen and oxygen atoms in total. The second-order valence-corrected chi connectivity index (χ2v) is 17.0. The van der Waals surface area contributed by atoms with Crippen LogP contribution in [0.25, 0.3) is 5.57 Å². The number of hydrogen-bond donors (Lipinski definition) is 3. The average Bonchev–Trinajstić information content (AvgIpc) is 3.47. The molecule has 3 N–H and O–H groups in total. The molecule has 4 fully saturated rings. The number of hydrogen-bond acceptors (Lipinski definition) is 4. The minimum atomic E-state index is -0.878. The number of nitrogens with one attached hydrogen (secondary N) is 2. The van der Waals surface area contributed by atoms with E-state index in [2.05, 4.69) is 62.6 Å². The number of methoxy groups -OCH3 is 1. The first kappa shape index (κ1) is 36.2. The van der Waals surface area contributed by atoms with E-state index in [0.717, 1.165) is 18.4 Å². The Labute approximate surface area is 288 Å². The average molecular weight is 661 g/mol. The van der Waals surface area contributed by atoms with Crippen LogP contribution in [0.1, 0.15) is 122 Å². The predicted octanol–water partition coefficient (Wildman–Crippen LogP) is 8.90. The van der Waals surface area contributed by atoms with Crippen LogP contribution in [0.3, 0.4) is 0 Å². The molecule has 0 saturated heterocycles. The number of urea groups is 1. The van der Waals surface area contributed by atoms with Gasteiger partial charge in [-0.2, -0.15) is 0 Å². The molecule has 8 atom stereocenters. The maximum atomic E-state index is 12.6. The van der Waals surface area contributed by atoms with Crippen molar-refractivity contribution in [3.05, 3.63) is 54.1 Å². The lowest BCUT2D eigenvalue weighted by Crippen LogP contribution is -2.65. The van der Waals surface area contributed by atoms with Crippen molar-refractivity contribution in [2.24, 2.45) is 50.7 Å². The van der Waals surface area contributed by atoms with Gasteiger partial charge in [0, 0.05) is 6.54 Å². The van der Waals surface area contributed by atoms with Crippen LogP contribution in [0.2, 0.25) is 0 Å². The quantitative estimate of drug-likeness (QED) is 0.209. The van der Waals surface area contributed by atoms with E-state index in [1.807, 2.05) is 19.1 Å². The van der Waals surface area contributed by atoms with E-state index in [-0.39, 0.29) is 39.7 Å².